The normalized spacial score (nSPS) is 22.1. The molecule has 2 atom stereocenters. The van der Waals surface area contributed by atoms with E-state index in [9.17, 15) is 9.59 Å². The van der Waals surface area contributed by atoms with E-state index in [1.54, 1.807) is 0 Å². The van der Waals surface area contributed by atoms with Crippen LogP contribution in [0.5, 0.6) is 0 Å². The molecule has 0 aromatic rings. The van der Waals surface area contributed by atoms with Crippen LogP contribution in [0.4, 0.5) is 0 Å². The van der Waals surface area contributed by atoms with E-state index in [2.05, 4.69) is 10.1 Å². The van der Waals surface area contributed by atoms with Gasteiger partial charge in [0.15, 0.2) is 6.04 Å². The van der Waals surface area contributed by atoms with Crippen LogP contribution in [0.2, 0.25) is 0 Å². The molecule has 0 saturated carbocycles. The molecule has 1 unspecified atom stereocenters. The third-order valence-corrected chi connectivity index (χ3v) is 2.21. The lowest BCUT2D eigenvalue weighted by Crippen LogP contribution is -2.47. The molecule has 1 saturated heterocycles. The summed E-state index contributed by atoms with van der Waals surface area (Å²) in [4.78, 5) is 22.5. The third-order valence-electron chi connectivity index (χ3n) is 2.21. The van der Waals surface area contributed by atoms with Gasteiger partial charge in [-0.05, 0) is 12.8 Å². The van der Waals surface area contributed by atoms with E-state index in [1.165, 1.54) is 7.11 Å². The molecule has 1 rings (SSSR count). The lowest BCUT2D eigenvalue weighted by molar-refractivity contribution is -0.147. The molecule has 6 heteroatoms. The SMILES string of the molecule is COC(=O)C(CO)NC(=O)[C@@H]1CCCO1. The fourth-order valence-corrected chi connectivity index (χ4v) is 1.37. The van der Waals surface area contributed by atoms with Gasteiger partial charge in [-0.3, -0.25) is 4.79 Å². The molecule has 1 aliphatic rings. The molecule has 0 radical (unpaired) electrons. The van der Waals surface area contributed by atoms with Crippen LogP contribution in [0.15, 0.2) is 0 Å². The summed E-state index contributed by atoms with van der Waals surface area (Å²) >= 11 is 0. The number of aliphatic hydroxyl groups excluding tert-OH is 1. The van der Waals surface area contributed by atoms with E-state index in [0.29, 0.717) is 13.0 Å². The van der Waals surface area contributed by atoms with Crippen LogP contribution in [0, 0.1) is 0 Å². The monoisotopic (exact) mass is 217 g/mol. The van der Waals surface area contributed by atoms with Crippen molar-refractivity contribution in [1.82, 2.24) is 5.32 Å². The molecule has 1 aliphatic heterocycles. The minimum Gasteiger partial charge on any atom is -0.467 e. The highest BCUT2D eigenvalue weighted by molar-refractivity contribution is 5.87. The topological polar surface area (TPSA) is 84.9 Å². The first-order valence-electron chi connectivity index (χ1n) is 4.79. The summed E-state index contributed by atoms with van der Waals surface area (Å²) in [7, 11) is 1.20. The zero-order valence-electron chi connectivity index (χ0n) is 8.56. The first-order valence-corrected chi connectivity index (χ1v) is 4.79. The van der Waals surface area contributed by atoms with Crippen LogP contribution in [0.1, 0.15) is 12.8 Å². The Morgan fingerprint density at radius 2 is 2.40 bits per heavy atom. The Morgan fingerprint density at radius 1 is 1.67 bits per heavy atom. The number of amides is 1. The van der Waals surface area contributed by atoms with Gasteiger partial charge in [0.2, 0.25) is 5.91 Å². The van der Waals surface area contributed by atoms with Crippen LogP contribution in [0.3, 0.4) is 0 Å². The second-order valence-electron chi connectivity index (χ2n) is 3.27. The Hall–Kier alpha value is -1.14. The molecule has 1 heterocycles. The fraction of sp³-hybridized carbons (Fsp3) is 0.778. The summed E-state index contributed by atoms with van der Waals surface area (Å²) in [5.41, 5.74) is 0. The highest BCUT2D eigenvalue weighted by Crippen LogP contribution is 2.11. The van der Waals surface area contributed by atoms with Gasteiger partial charge in [-0.2, -0.15) is 0 Å². The lowest BCUT2D eigenvalue weighted by Gasteiger charge is -2.16. The summed E-state index contributed by atoms with van der Waals surface area (Å²) in [5.74, 6) is -1.04. The predicted molar refractivity (Wildman–Crippen MR) is 50.0 cm³/mol. The molecular formula is C9H15NO5. The minimum absolute atomic E-state index is 0.378. The predicted octanol–water partition coefficient (Wildman–Crippen LogP) is -1.18. The third kappa shape index (κ3) is 3.17. The molecule has 0 aromatic heterocycles. The minimum atomic E-state index is -1.01. The maximum atomic E-state index is 11.5. The van der Waals surface area contributed by atoms with Gasteiger partial charge in [-0.25, -0.2) is 4.79 Å². The van der Waals surface area contributed by atoms with Crippen LogP contribution in [-0.2, 0) is 19.1 Å². The number of esters is 1. The number of aliphatic hydroxyl groups is 1. The molecule has 0 bridgehead atoms. The molecule has 15 heavy (non-hydrogen) atoms. The lowest BCUT2D eigenvalue weighted by atomic mass is 10.2. The Labute approximate surface area is 87.5 Å². The quantitative estimate of drug-likeness (QED) is 0.579. The molecule has 0 aromatic carbocycles. The zero-order chi connectivity index (χ0) is 11.3. The van der Waals surface area contributed by atoms with Gasteiger partial charge in [0.25, 0.3) is 0 Å². The second kappa shape index (κ2) is 5.67. The fourth-order valence-electron chi connectivity index (χ4n) is 1.37. The number of nitrogens with one attached hydrogen (secondary N) is 1. The van der Waals surface area contributed by atoms with E-state index in [4.69, 9.17) is 9.84 Å². The maximum Gasteiger partial charge on any atom is 0.330 e. The number of carbonyl (C=O) groups is 2. The van der Waals surface area contributed by atoms with Gasteiger partial charge in [0.1, 0.15) is 6.10 Å². The van der Waals surface area contributed by atoms with Gasteiger partial charge in [0.05, 0.1) is 13.7 Å². The second-order valence-corrected chi connectivity index (χ2v) is 3.27. The molecule has 86 valence electrons. The van der Waals surface area contributed by atoms with Gasteiger partial charge in [-0.15, -0.1) is 0 Å². The highest BCUT2D eigenvalue weighted by Gasteiger charge is 2.28. The van der Waals surface area contributed by atoms with Gasteiger partial charge >= 0.3 is 5.97 Å². The molecule has 0 aliphatic carbocycles. The highest BCUT2D eigenvalue weighted by atomic mass is 16.5. The van der Waals surface area contributed by atoms with Crippen molar-refractivity contribution in [3.8, 4) is 0 Å². The van der Waals surface area contributed by atoms with Crippen molar-refractivity contribution in [2.45, 2.75) is 25.0 Å². The Kier molecular flexibility index (Phi) is 4.51. The average molecular weight is 217 g/mol. The number of hydrogen-bond donors (Lipinski definition) is 2. The van der Waals surface area contributed by atoms with Crippen molar-refractivity contribution >= 4 is 11.9 Å². The molecule has 0 spiro atoms. The van der Waals surface area contributed by atoms with Crippen molar-refractivity contribution < 1.29 is 24.2 Å². The van der Waals surface area contributed by atoms with E-state index in [-0.39, 0.29) is 5.91 Å². The van der Waals surface area contributed by atoms with Crippen LogP contribution in [0.25, 0.3) is 0 Å². The summed E-state index contributed by atoms with van der Waals surface area (Å²) in [6.45, 7) is 0.0746. The van der Waals surface area contributed by atoms with Gasteiger partial charge in [-0.1, -0.05) is 0 Å². The number of carbonyl (C=O) groups excluding carboxylic acids is 2. The summed E-state index contributed by atoms with van der Waals surface area (Å²) in [6, 6.07) is -1.01. The van der Waals surface area contributed by atoms with Crippen molar-refractivity contribution in [1.29, 1.82) is 0 Å². The van der Waals surface area contributed by atoms with Crippen molar-refractivity contribution in [3.05, 3.63) is 0 Å². The van der Waals surface area contributed by atoms with E-state index in [0.717, 1.165) is 6.42 Å². The van der Waals surface area contributed by atoms with E-state index >= 15 is 0 Å². The molecule has 2 N–H and O–H groups in total. The molecular weight excluding hydrogens is 202 g/mol. The Bertz CT molecular complexity index is 237. The Morgan fingerprint density at radius 3 is 2.87 bits per heavy atom. The zero-order valence-corrected chi connectivity index (χ0v) is 8.56. The molecule has 1 amide bonds. The number of ether oxygens (including phenoxy) is 2. The van der Waals surface area contributed by atoms with E-state index in [1.807, 2.05) is 0 Å². The summed E-state index contributed by atoms with van der Waals surface area (Å²) in [6.07, 6.45) is 0.967. The number of rotatable bonds is 4. The molecule has 1 fully saturated rings. The first-order chi connectivity index (χ1) is 7.19. The van der Waals surface area contributed by atoms with Crippen molar-refractivity contribution in [2.75, 3.05) is 20.3 Å². The van der Waals surface area contributed by atoms with Crippen LogP contribution in [-0.4, -0.2) is 49.5 Å². The maximum absolute atomic E-state index is 11.5. The van der Waals surface area contributed by atoms with Crippen molar-refractivity contribution in [2.24, 2.45) is 0 Å². The van der Waals surface area contributed by atoms with Crippen LogP contribution < -0.4 is 5.32 Å². The largest absolute Gasteiger partial charge is 0.467 e. The summed E-state index contributed by atoms with van der Waals surface area (Å²) < 4.78 is 9.54. The van der Waals surface area contributed by atoms with Crippen molar-refractivity contribution in [3.63, 3.8) is 0 Å². The van der Waals surface area contributed by atoms with Gasteiger partial charge in [0, 0.05) is 6.61 Å². The molecule has 6 nitrogen and oxygen atoms in total. The van der Waals surface area contributed by atoms with E-state index < -0.39 is 24.7 Å². The van der Waals surface area contributed by atoms with Gasteiger partial charge < -0.3 is 19.9 Å². The standard InChI is InChI=1S/C9H15NO5/c1-14-9(13)6(5-11)10-8(12)7-3-2-4-15-7/h6-7,11H,2-5H2,1H3,(H,10,12)/t6?,7-/m0/s1. The summed E-state index contributed by atoms with van der Waals surface area (Å²) in [5, 5.41) is 11.2. The number of methoxy groups -OCH3 is 1. The average Bonchev–Trinajstić information content (AvgIpc) is 2.77. The smallest absolute Gasteiger partial charge is 0.330 e. The Balaban J connectivity index is 2.43. The number of hydrogen-bond acceptors (Lipinski definition) is 5. The van der Waals surface area contributed by atoms with Crippen LogP contribution >= 0.6 is 0 Å². The first kappa shape index (κ1) is 11.9.